The van der Waals surface area contributed by atoms with Crippen molar-refractivity contribution in [2.24, 2.45) is 5.73 Å². The Kier molecular flexibility index (Phi) is 6.64. The van der Waals surface area contributed by atoms with Gasteiger partial charge in [-0.2, -0.15) is 0 Å². The van der Waals surface area contributed by atoms with Crippen LogP contribution in [0.15, 0.2) is 18.2 Å². The third-order valence-corrected chi connectivity index (χ3v) is 7.79. The van der Waals surface area contributed by atoms with Gasteiger partial charge in [0.25, 0.3) is 5.91 Å². The van der Waals surface area contributed by atoms with Crippen molar-refractivity contribution in [3.63, 3.8) is 0 Å². The third kappa shape index (κ3) is 4.07. The Bertz CT molecular complexity index is 1380. The van der Waals surface area contributed by atoms with Gasteiger partial charge in [-0.25, -0.2) is 0 Å². The fraction of sp³-hybridized carbons (Fsp3) is 0.444. The van der Waals surface area contributed by atoms with Crippen molar-refractivity contribution in [2.75, 3.05) is 14.2 Å². The molecule has 1 aliphatic heterocycles. The lowest BCUT2D eigenvalue weighted by molar-refractivity contribution is -0.247. The van der Waals surface area contributed by atoms with Crippen molar-refractivity contribution in [2.45, 2.75) is 62.4 Å². The summed E-state index contributed by atoms with van der Waals surface area (Å²) in [6.45, 7) is 1.60. The zero-order valence-corrected chi connectivity index (χ0v) is 21.6. The molecule has 12 nitrogen and oxygen atoms in total. The first kappa shape index (κ1) is 27.0. The number of nitrogens with two attached hydrogens (primary N) is 1. The van der Waals surface area contributed by atoms with Crippen LogP contribution in [0.5, 0.6) is 17.2 Å². The number of nitrogens with one attached hydrogen (secondary N) is 1. The number of rotatable bonds is 4. The van der Waals surface area contributed by atoms with Crippen LogP contribution >= 0.6 is 0 Å². The van der Waals surface area contributed by atoms with E-state index in [4.69, 9.17) is 19.9 Å². The third-order valence-electron chi connectivity index (χ3n) is 7.79. The van der Waals surface area contributed by atoms with Crippen LogP contribution in [-0.2, 0) is 20.7 Å². The number of carbonyl (C=O) groups is 3. The summed E-state index contributed by atoms with van der Waals surface area (Å²) in [6, 6.07) is 3.72. The second-order valence-electron chi connectivity index (χ2n) is 10.2. The van der Waals surface area contributed by atoms with Crippen molar-refractivity contribution in [1.29, 1.82) is 0 Å². The Balaban J connectivity index is 1.69. The van der Waals surface area contributed by atoms with Crippen LogP contribution in [0.2, 0.25) is 0 Å². The number of aliphatic hydroxyl groups excluding tert-OH is 1. The van der Waals surface area contributed by atoms with E-state index in [9.17, 15) is 34.8 Å². The number of phenolic OH excluding ortho intramolecular Hbond substituents is 2. The molecule has 39 heavy (non-hydrogen) atoms. The largest absolute Gasteiger partial charge is 0.507 e. The summed E-state index contributed by atoms with van der Waals surface area (Å²) in [4.78, 5) is 39.9. The molecule has 2 aromatic rings. The first-order valence-electron chi connectivity index (χ1n) is 12.5. The van der Waals surface area contributed by atoms with Gasteiger partial charge < -0.3 is 45.7 Å². The molecule has 6 atom stereocenters. The van der Waals surface area contributed by atoms with Crippen molar-refractivity contribution < 1.29 is 49.0 Å². The minimum Gasteiger partial charge on any atom is -0.507 e. The maximum absolute atomic E-state index is 13.7. The molecule has 0 aromatic heterocycles. The van der Waals surface area contributed by atoms with Crippen LogP contribution in [0.3, 0.4) is 0 Å². The van der Waals surface area contributed by atoms with Crippen LogP contribution in [-0.4, -0.2) is 82.2 Å². The van der Waals surface area contributed by atoms with Crippen molar-refractivity contribution in [3.05, 3.63) is 51.6 Å². The molecular weight excluding hydrogens is 512 g/mol. The summed E-state index contributed by atoms with van der Waals surface area (Å²) < 4.78 is 17.1. The van der Waals surface area contributed by atoms with Gasteiger partial charge in [-0.3, -0.25) is 14.4 Å². The molecule has 1 fully saturated rings. The zero-order valence-electron chi connectivity index (χ0n) is 21.6. The molecule has 7 N–H and O–H groups in total. The van der Waals surface area contributed by atoms with Gasteiger partial charge in [0.1, 0.15) is 22.8 Å². The highest BCUT2D eigenvalue weighted by atomic mass is 16.7. The fourth-order valence-corrected chi connectivity index (χ4v) is 5.80. The molecule has 2 aromatic carbocycles. The number of carbonyl (C=O) groups excluding carboxylic acids is 3. The lowest BCUT2D eigenvalue weighted by Gasteiger charge is -2.42. The molecule has 3 aliphatic rings. The maximum Gasteiger partial charge on any atom is 0.252 e. The molecule has 1 heterocycles. The average molecular weight is 543 g/mol. The van der Waals surface area contributed by atoms with Crippen LogP contribution in [0.4, 0.5) is 0 Å². The van der Waals surface area contributed by atoms with Crippen molar-refractivity contribution >= 4 is 17.5 Å². The number of methoxy groups -OCH3 is 1. The number of aromatic hydroxyl groups is 2. The molecule has 0 saturated carbocycles. The summed E-state index contributed by atoms with van der Waals surface area (Å²) in [5.41, 5.74) is 2.79. The monoisotopic (exact) mass is 542 g/mol. The Labute approximate surface area is 223 Å². The number of fused-ring (bicyclic) bond motifs is 3. The van der Waals surface area contributed by atoms with Crippen molar-refractivity contribution in [3.8, 4) is 17.2 Å². The fourth-order valence-electron chi connectivity index (χ4n) is 5.80. The van der Waals surface area contributed by atoms with Gasteiger partial charge in [0, 0.05) is 49.0 Å². The van der Waals surface area contributed by atoms with E-state index in [1.165, 1.54) is 32.4 Å². The van der Waals surface area contributed by atoms with Gasteiger partial charge in [-0.05, 0) is 13.0 Å². The van der Waals surface area contributed by atoms with Crippen LogP contribution < -0.4 is 15.8 Å². The highest BCUT2D eigenvalue weighted by Crippen LogP contribution is 2.52. The van der Waals surface area contributed by atoms with E-state index in [1.807, 2.05) is 0 Å². The number of likely N-dealkylation sites (N-methyl/N-ethyl adjacent to an activating group) is 1. The molecule has 1 saturated heterocycles. The number of phenols is 2. The van der Waals surface area contributed by atoms with Crippen molar-refractivity contribution in [1.82, 2.24) is 5.32 Å². The molecule has 2 aliphatic carbocycles. The highest BCUT2D eigenvalue weighted by Gasteiger charge is 2.50. The minimum atomic E-state index is -2.10. The summed E-state index contributed by atoms with van der Waals surface area (Å²) in [6.07, 6.45) is -4.73. The van der Waals surface area contributed by atoms with Gasteiger partial charge in [0.05, 0.1) is 42.1 Å². The number of amides is 1. The molecule has 5 rings (SSSR count). The summed E-state index contributed by atoms with van der Waals surface area (Å²) in [7, 11) is 2.66. The lowest BCUT2D eigenvalue weighted by Crippen LogP contribution is -2.53. The molecule has 0 bridgehead atoms. The molecule has 0 unspecified atom stereocenters. The van der Waals surface area contributed by atoms with Gasteiger partial charge in [-0.15, -0.1) is 0 Å². The molecular formula is C27H30N2O10. The van der Waals surface area contributed by atoms with E-state index < -0.39 is 82.8 Å². The summed E-state index contributed by atoms with van der Waals surface area (Å²) >= 11 is 0. The SMILES string of the molecule is CNC(=O)[C@]1(O)Cc2c(O)c3c(c(O)c2[C@@H](O[C@H]2C[C@H](N)[C@H](O)[C@H](C)O2)C1)C(=O)c1c(OC)cccc1C3=O. The Hall–Kier alpha value is -3.55. The van der Waals surface area contributed by atoms with Gasteiger partial charge in [0.2, 0.25) is 5.78 Å². The second-order valence-corrected chi connectivity index (χ2v) is 10.2. The Morgan fingerprint density at radius 1 is 1.15 bits per heavy atom. The number of aliphatic hydroxyl groups is 2. The topological polar surface area (TPSA) is 198 Å². The Morgan fingerprint density at radius 2 is 1.85 bits per heavy atom. The number of ether oxygens (including phenoxy) is 3. The van der Waals surface area contributed by atoms with Gasteiger partial charge in [0.15, 0.2) is 12.1 Å². The summed E-state index contributed by atoms with van der Waals surface area (Å²) in [5, 5.41) is 46.7. The van der Waals surface area contributed by atoms with Gasteiger partial charge >= 0.3 is 0 Å². The predicted octanol–water partition coefficient (Wildman–Crippen LogP) is 0.186. The predicted molar refractivity (Wildman–Crippen MR) is 134 cm³/mol. The normalized spacial score (nSPS) is 29.7. The van der Waals surface area contributed by atoms with E-state index in [1.54, 1.807) is 6.92 Å². The van der Waals surface area contributed by atoms with E-state index >= 15 is 0 Å². The Morgan fingerprint density at radius 3 is 2.49 bits per heavy atom. The van der Waals surface area contributed by atoms with E-state index in [2.05, 4.69) is 5.32 Å². The van der Waals surface area contributed by atoms with E-state index in [0.717, 1.165) is 0 Å². The standard InChI is InChI=1S/C27H30N2O10/c1-10-21(30)13(28)7-16(38-10)39-15-9-27(36,26(35)29-2)8-12-18(15)25(34)20-19(23(12)32)22(31)11-5-4-6-14(37-3)17(11)24(20)33/h4-6,10,13,15-16,21,30,32,34,36H,7-9,28H2,1-3H3,(H,29,35)/t10-,13-,15-,16-,21+,27-/m0/s1. The molecule has 0 spiro atoms. The maximum atomic E-state index is 13.7. The average Bonchev–Trinajstić information content (AvgIpc) is 2.90. The first-order valence-corrected chi connectivity index (χ1v) is 12.5. The van der Waals surface area contributed by atoms with Gasteiger partial charge in [-0.1, -0.05) is 12.1 Å². The van der Waals surface area contributed by atoms with E-state index in [-0.39, 0.29) is 40.8 Å². The molecule has 12 heteroatoms. The first-order chi connectivity index (χ1) is 18.4. The molecule has 208 valence electrons. The number of hydrogen-bond acceptors (Lipinski definition) is 11. The van der Waals surface area contributed by atoms with Crippen LogP contribution in [0, 0.1) is 0 Å². The zero-order chi connectivity index (χ0) is 28.4. The minimum absolute atomic E-state index is 0.0242. The number of hydrogen-bond donors (Lipinski definition) is 6. The summed E-state index contributed by atoms with van der Waals surface area (Å²) in [5.74, 6) is -3.40. The highest BCUT2D eigenvalue weighted by molar-refractivity contribution is 6.31. The second kappa shape index (κ2) is 9.57. The van der Waals surface area contributed by atoms with E-state index in [0.29, 0.717) is 0 Å². The smallest absolute Gasteiger partial charge is 0.252 e. The van der Waals surface area contributed by atoms with Crippen LogP contribution in [0.25, 0.3) is 0 Å². The lowest BCUT2D eigenvalue weighted by atomic mass is 9.72. The van der Waals surface area contributed by atoms with Crippen LogP contribution in [0.1, 0.15) is 68.8 Å². The number of ketones is 2. The number of benzene rings is 2. The molecule has 1 amide bonds. The molecule has 0 radical (unpaired) electrons. The quantitative estimate of drug-likeness (QED) is 0.246.